The summed E-state index contributed by atoms with van der Waals surface area (Å²) in [5, 5.41) is 3.59. The van der Waals surface area contributed by atoms with Gasteiger partial charge in [0.25, 0.3) is 0 Å². The van der Waals surface area contributed by atoms with Gasteiger partial charge in [-0.2, -0.15) is 0 Å². The van der Waals surface area contributed by atoms with Gasteiger partial charge in [0.05, 0.1) is 5.92 Å². The lowest BCUT2D eigenvalue weighted by molar-refractivity contribution is -0.117. The number of anilines is 1. The van der Waals surface area contributed by atoms with Gasteiger partial charge in [0.15, 0.2) is 0 Å². The van der Waals surface area contributed by atoms with Gasteiger partial charge in [0.1, 0.15) is 0 Å². The van der Waals surface area contributed by atoms with E-state index < -0.39 is 0 Å². The summed E-state index contributed by atoms with van der Waals surface area (Å²) in [6, 6.07) is 13.9. The Kier molecular flexibility index (Phi) is 3.72. The molecule has 0 bridgehead atoms. The molecule has 0 radical (unpaired) electrons. The van der Waals surface area contributed by atoms with Crippen molar-refractivity contribution in [3.8, 4) is 0 Å². The van der Waals surface area contributed by atoms with Crippen molar-refractivity contribution in [3.63, 3.8) is 0 Å². The van der Waals surface area contributed by atoms with Crippen LogP contribution in [-0.2, 0) is 11.2 Å². The summed E-state index contributed by atoms with van der Waals surface area (Å²) in [5.41, 5.74) is 3.04. The lowest BCUT2D eigenvalue weighted by atomic mass is 9.93. The van der Waals surface area contributed by atoms with Gasteiger partial charge in [-0.1, -0.05) is 23.7 Å². The normalized spacial score (nSPS) is 16.9. The molecule has 1 amide bonds. The van der Waals surface area contributed by atoms with E-state index >= 15 is 0 Å². The molecular formula is C16H14ClNOS. The predicted molar refractivity (Wildman–Crippen MR) is 84.7 cm³/mol. The molecule has 1 aliphatic heterocycles. The van der Waals surface area contributed by atoms with Gasteiger partial charge in [-0.05, 0) is 54.1 Å². The lowest BCUT2D eigenvalue weighted by Gasteiger charge is -2.09. The average Bonchev–Trinajstić information content (AvgIpc) is 2.76. The second-order valence-electron chi connectivity index (χ2n) is 4.83. The maximum atomic E-state index is 12.1. The SMILES string of the molecule is CSc1ccc(C[C@@H]2C(=O)Nc3ccc(Cl)cc32)cc1. The van der Waals surface area contributed by atoms with Crippen LogP contribution in [0.25, 0.3) is 0 Å². The molecule has 0 aromatic heterocycles. The third-order valence-electron chi connectivity index (χ3n) is 3.56. The van der Waals surface area contributed by atoms with Crippen LogP contribution in [-0.4, -0.2) is 12.2 Å². The van der Waals surface area contributed by atoms with Crippen LogP contribution >= 0.6 is 23.4 Å². The molecule has 0 aliphatic carbocycles. The number of amides is 1. The minimum absolute atomic E-state index is 0.0520. The van der Waals surface area contributed by atoms with Crippen molar-refractivity contribution in [1.29, 1.82) is 0 Å². The monoisotopic (exact) mass is 303 g/mol. The fraction of sp³-hybridized carbons (Fsp3) is 0.188. The first-order valence-corrected chi connectivity index (χ1v) is 8.01. The first kappa shape index (κ1) is 13.5. The Morgan fingerprint density at radius 1 is 1.20 bits per heavy atom. The van der Waals surface area contributed by atoms with Crippen LogP contribution in [0.15, 0.2) is 47.4 Å². The molecule has 102 valence electrons. The van der Waals surface area contributed by atoms with E-state index in [0.717, 1.165) is 16.8 Å². The van der Waals surface area contributed by atoms with Gasteiger partial charge in [-0.15, -0.1) is 11.8 Å². The molecule has 1 atom stereocenters. The van der Waals surface area contributed by atoms with Gasteiger partial charge < -0.3 is 5.32 Å². The van der Waals surface area contributed by atoms with Gasteiger partial charge >= 0.3 is 0 Å². The Morgan fingerprint density at radius 2 is 1.95 bits per heavy atom. The number of benzene rings is 2. The number of fused-ring (bicyclic) bond motifs is 1. The highest BCUT2D eigenvalue weighted by Crippen LogP contribution is 2.36. The molecule has 3 rings (SSSR count). The van der Waals surface area contributed by atoms with E-state index in [1.54, 1.807) is 17.8 Å². The van der Waals surface area contributed by atoms with E-state index in [-0.39, 0.29) is 11.8 Å². The van der Waals surface area contributed by atoms with Crippen LogP contribution in [0.2, 0.25) is 5.02 Å². The van der Waals surface area contributed by atoms with Gasteiger partial charge in [-0.3, -0.25) is 4.79 Å². The third-order valence-corrected chi connectivity index (χ3v) is 4.54. The van der Waals surface area contributed by atoms with Crippen molar-refractivity contribution in [2.24, 2.45) is 0 Å². The van der Waals surface area contributed by atoms with Crippen LogP contribution in [0.5, 0.6) is 0 Å². The van der Waals surface area contributed by atoms with Gasteiger partial charge in [0, 0.05) is 15.6 Å². The number of carbonyl (C=O) groups is 1. The van der Waals surface area contributed by atoms with Crippen molar-refractivity contribution in [2.45, 2.75) is 17.2 Å². The average molecular weight is 304 g/mol. The first-order valence-electron chi connectivity index (χ1n) is 6.40. The Bertz CT molecular complexity index is 654. The van der Waals surface area contributed by atoms with Crippen molar-refractivity contribution in [3.05, 3.63) is 58.6 Å². The number of nitrogens with one attached hydrogen (secondary N) is 1. The Morgan fingerprint density at radius 3 is 2.65 bits per heavy atom. The second kappa shape index (κ2) is 5.51. The van der Waals surface area contributed by atoms with Crippen LogP contribution in [0, 0.1) is 0 Å². The Hall–Kier alpha value is -1.45. The van der Waals surface area contributed by atoms with E-state index in [0.29, 0.717) is 11.4 Å². The molecule has 0 unspecified atom stereocenters. The van der Waals surface area contributed by atoms with Crippen molar-refractivity contribution in [2.75, 3.05) is 11.6 Å². The maximum Gasteiger partial charge on any atom is 0.232 e. The van der Waals surface area contributed by atoms with Crippen molar-refractivity contribution < 1.29 is 4.79 Å². The zero-order valence-electron chi connectivity index (χ0n) is 11.0. The molecule has 0 spiro atoms. The Balaban J connectivity index is 1.87. The summed E-state index contributed by atoms with van der Waals surface area (Å²) < 4.78 is 0. The van der Waals surface area contributed by atoms with E-state index in [4.69, 9.17) is 11.6 Å². The van der Waals surface area contributed by atoms with Crippen LogP contribution in [0.3, 0.4) is 0 Å². The van der Waals surface area contributed by atoms with Gasteiger partial charge in [0.2, 0.25) is 5.91 Å². The van der Waals surface area contributed by atoms with E-state index in [1.165, 1.54) is 4.90 Å². The fourth-order valence-electron chi connectivity index (χ4n) is 2.50. The molecule has 0 saturated heterocycles. The van der Waals surface area contributed by atoms with Crippen molar-refractivity contribution >= 4 is 35.0 Å². The summed E-state index contributed by atoms with van der Waals surface area (Å²) >= 11 is 7.75. The smallest absolute Gasteiger partial charge is 0.232 e. The molecule has 1 aliphatic rings. The minimum Gasteiger partial charge on any atom is -0.325 e. The number of hydrogen-bond donors (Lipinski definition) is 1. The molecule has 2 aromatic carbocycles. The van der Waals surface area contributed by atoms with Crippen molar-refractivity contribution in [1.82, 2.24) is 0 Å². The molecule has 0 fully saturated rings. The summed E-state index contributed by atoms with van der Waals surface area (Å²) in [5.74, 6) is -0.0972. The van der Waals surface area contributed by atoms with E-state index in [1.807, 2.05) is 12.1 Å². The third kappa shape index (κ3) is 2.56. The number of rotatable bonds is 3. The highest BCUT2D eigenvalue weighted by molar-refractivity contribution is 7.98. The standard InChI is InChI=1S/C16H14ClNOS/c1-20-12-5-2-10(3-6-12)8-14-13-9-11(17)4-7-15(13)18-16(14)19/h2-7,9,14H,8H2,1H3,(H,18,19)/t14-/m0/s1. The molecule has 2 nitrogen and oxygen atoms in total. The van der Waals surface area contributed by atoms with Crippen LogP contribution < -0.4 is 5.32 Å². The predicted octanol–water partition coefficient (Wildman–Crippen LogP) is 4.34. The largest absolute Gasteiger partial charge is 0.325 e. The maximum absolute atomic E-state index is 12.1. The molecular weight excluding hydrogens is 290 g/mol. The summed E-state index contributed by atoms with van der Waals surface area (Å²) in [6.45, 7) is 0. The van der Waals surface area contributed by atoms with Crippen LogP contribution in [0.1, 0.15) is 17.0 Å². The Labute approximate surface area is 127 Å². The quantitative estimate of drug-likeness (QED) is 0.855. The number of carbonyl (C=O) groups excluding carboxylic acids is 1. The zero-order valence-corrected chi connectivity index (χ0v) is 12.6. The fourth-order valence-corrected chi connectivity index (χ4v) is 3.09. The molecule has 2 aromatic rings. The zero-order chi connectivity index (χ0) is 14.1. The van der Waals surface area contributed by atoms with Gasteiger partial charge in [-0.25, -0.2) is 0 Å². The summed E-state index contributed by atoms with van der Waals surface area (Å²) in [6.07, 6.45) is 2.76. The van der Waals surface area contributed by atoms with E-state index in [9.17, 15) is 4.79 Å². The lowest BCUT2D eigenvalue weighted by Crippen LogP contribution is -2.14. The topological polar surface area (TPSA) is 29.1 Å². The molecule has 1 N–H and O–H groups in total. The molecule has 20 heavy (non-hydrogen) atoms. The minimum atomic E-state index is -0.149. The molecule has 4 heteroatoms. The highest BCUT2D eigenvalue weighted by Gasteiger charge is 2.30. The number of hydrogen-bond acceptors (Lipinski definition) is 2. The number of thioether (sulfide) groups is 1. The molecule has 1 heterocycles. The number of halogens is 1. The summed E-state index contributed by atoms with van der Waals surface area (Å²) in [7, 11) is 0. The molecule has 0 saturated carbocycles. The highest BCUT2D eigenvalue weighted by atomic mass is 35.5. The summed E-state index contributed by atoms with van der Waals surface area (Å²) in [4.78, 5) is 13.3. The second-order valence-corrected chi connectivity index (χ2v) is 6.14. The first-order chi connectivity index (χ1) is 9.67. The van der Waals surface area contributed by atoms with Crippen LogP contribution in [0.4, 0.5) is 5.69 Å². The van der Waals surface area contributed by atoms with E-state index in [2.05, 4.69) is 35.8 Å².